The molecule has 7 heteroatoms. The summed E-state index contributed by atoms with van der Waals surface area (Å²) in [6.07, 6.45) is 1.39. The van der Waals surface area contributed by atoms with Crippen LogP contribution in [0.2, 0.25) is 0 Å². The molecule has 0 saturated heterocycles. The zero-order valence-electron chi connectivity index (χ0n) is 15.4. The summed E-state index contributed by atoms with van der Waals surface area (Å²) in [5.74, 6) is -0.348. The Bertz CT molecular complexity index is 1260. The van der Waals surface area contributed by atoms with E-state index < -0.39 is 0 Å². The van der Waals surface area contributed by atoms with Gasteiger partial charge in [-0.25, -0.2) is 4.98 Å². The number of benzene rings is 2. The van der Waals surface area contributed by atoms with Gasteiger partial charge in [-0.2, -0.15) is 5.26 Å². The molecule has 2 aromatic heterocycles. The zero-order valence-corrected chi connectivity index (χ0v) is 16.2. The number of aromatic nitrogens is 2. The first-order valence-corrected chi connectivity index (χ1v) is 9.76. The largest absolute Gasteiger partial charge is 0.297 e. The molecule has 0 unspecified atom stereocenters. The lowest BCUT2D eigenvalue weighted by Crippen LogP contribution is -2.36. The summed E-state index contributed by atoms with van der Waals surface area (Å²) in [7, 11) is 0. The van der Waals surface area contributed by atoms with Gasteiger partial charge in [0.15, 0.2) is 0 Å². The molecule has 4 rings (SSSR count). The van der Waals surface area contributed by atoms with Gasteiger partial charge in [0.2, 0.25) is 5.91 Å². The van der Waals surface area contributed by atoms with E-state index in [2.05, 4.69) is 4.98 Å². The van der Waals surface area contributed by atoms with Gasteiger partial charge in [-0.1, -0.05) is 48.5 Å². The van der Waals surface area contributed by atoms with Gasteiger partial charge in [-0.15, -0.1) is 11.3 Å². The third-order valence-electron chi connectivity index (χ3n) is 4.48. The van der Waals surface area contributed by atoms with Crippen LogP contribution in [0.4, 0.5) is 5.69 Å². The molecule has 0 atom stereocenters. The number of anilines is 1. The number of nitrogens with zero attached hydrogens (tertiary/aromatic N) is 4. The number of rotatable bonds is 5. The van der Waals surface area contributed by atoms with Crippen molar-refractivity contribution in [3.63, 3.8) is 0 Å². The van der Waals surface area contributed by atoms with E-state index in [9.17, 15) is 9.59 Å². The van der Waals surface area contributed by atoms with Crippen molar-refractivity contribution in [2.24, 2.45) is 0 Å². The number of carbonyl (C=O) groups is 1. The van der Waals surface area contributed by atoms with Crippen LogP contribution in [0.5, 0.6) is 0 Å². The number of carbonyl (C=O) groups excluding carboxylic acids is 1. The van der Waals surface area contributed by atoms with Crippen molar-refractivity contribution in [3.05, 3.63) is 83.4 Å². The van der Waals surface area contributed by atoms with E-state index in [0.29, 0.717) is 15.9 Å². The van der Waals surface area contributed by atoms with Crippen molar-refractivity contribution in [2.75, 3.05) is 11.4 Å². The molecular formula is C22H16N4O2S. The normalized spacial score (nSPS) is 10.6. The molecule has 0 aliphatic carbocycles. The van der Waals surface area contributed by atoms with E-state index in [4.69, 9.17) is 5.26 Å². The maximum Gasteiger partial charge on any atom is 0.262 e. The first-order valence-electron chi connectivity index (χ1n) is 8.94. The minimum Gasteiger partial charge on any atom is -0.297 e. The molecule has 2 heterocycles. The number of hydrogen-bond acceptors (Lipinski definition) is 5. The molecule has 0 spiro atoms. The van der Waals surface area contributed by atoms with Crippen molar-refractivity contribution >= 4 is 33.1 Å². The average Bonchev–Trinajstić information content (AvgIpc) is 3.20. The number of thiophene rings is 1. The Hall–Kier alpha value is -3.76. The Kier molecular flexibility index (Phi) is 5.18. The van der Waals surface area contributed by atoms with Gasteiger partial charge in [0.05, 0.1) is 17.8 Å². The quantitative estimate of drug-likeness (QED) is 0.479. The highest BCUT2D eigenvalue weighted by molar-refractivity contribution is 7.21. The lowest BCUT2D eigenvalue weighted by Gasteiger charge is -2.20. The molecule has 0 fully saturated rings. The number of fused-ring (bicyclic) bond motifs is 1. The van der Waals surface area contributed by atoms with Crippen LogP contribution in [-0.4, -0.2) is 22.0 Å². The van der Waals surface area contributed by atoms with Crippen molar-refractivity contribution in [1.82, 2.24) is 9.55 Å². The Morgan fingerprint density at radius 1 is 1.10 bits per heavy atom. The molecule has 4 aromatic rings. The predicted octanol–water partition coefficient (Wildman–Crippen LogP) is 3.68. The van der Waals surface area contributed by atoms with Gasteiger partial charge in [0.25, 0.3) is 5.56 Å². The van der Waals surface area contributed by atoms with Gasteiger partial charge in [-0.05, 0) is 23.8 Å². The Morgan fingerprint density at radius 2 is 1.79 bits per heavy atom. The molecule has 0 radical (unpaired) electrons. The Labute approximate surface area is 170 Å². The van der Waals surface area contributed by atoms with Crippen LogP contribution in [0.15, 0.2) is 77.9 Å². The maximum atomic E-state index is 12.9. The number of hydrogen-bond donors (Lipinski definition) is 0. The van der Waals surface area contributed by atoms with Gasteiger partial charge < -0.3 is 0 Å². The number of para-hydroxylation sites is 1. The molecule has 2 aromatic carbocycles. The topological polar surface area (TPSA) is 79.0 Å². The summed E-state index contributed by atoms with van der Waals surface area (Å²) in [5, 5.41) is 9.58. The molecule has 0 aliphatic heterocycles. The monoisotopic (exact) mass is 400 g/mol. The first-order chi connectivity index (χ1) is 14.2. The van der Waals surface area contributed by atoms with Crippen LogP contribution in [0.25, 0.3) is 20.7 Å². The Balaban J connectivity index is 1.66. The average molecular weight is 400 g/mol. The van der Waals surface area contributed by atoms with Crippen molar-refractivity contribution < 1.29 is 4.79 Å². The Morgan fingerprint density at radius 3 is 2.48 bits per heavy atom. The van der Waals surface area contributed by atoms with Crippen LogP contribution in [0, 0.1) is 11.3 Å². The number of amides is 1. The van der Waals surface area contributed by atoms with Gasteiger partial charge in [0.1, 0.15) is 17.9 Å². The van der Waals surface area contributed by atoms with Crippen LogP contribution in [-0.2, 0) is 11.3 Å². The summed E-state index contributed by atoms with van der Waals surface area (Å²) in [6, 6.07) is 22.5. The minimum atomic E-state index is -0.348. The molecule has 1 amide bonds. The third kappa shape index (κ3) is 3.79. The summed E-state index contributed by atoms with van der Waals surface area (Å²) >= 11 is 1.44. The van der Waals surface area contributed by atoms with Crippen molar-refractivity contribution in [2.45, 2.75) is 6.54 Å². The summed E-state index contributed by atoms with van der Waals surface area (Å²) in [5.41, 5.74) is 1.36. The second-order valence-corrected chi connectivity index (χ2v) is 7.38. The smallest absolute Gasteiger partial charge is 0.262 e. The fourth-order valence-corrected chi connectivity index (χ4v) is 4.05. The second kappa shape index (κ2) is 8.09. The second-order valence-electron chi connectivity index (χ2n) is 6.35. The molecular weight excluding hydrogens is 384 g/mol. The van der Waals surface area contributed by atoms with E-state index in [1.807, 2.05) is 48.5 Å². The third-order valence-corrected chi connectivity index (χ3v) is 5.57. The standard InChI is InChI=1S/C22H16N4O2S/c23-11-12-26(17-9-5-2-6-10-17)20(27)14-25-15-24-21-18(22(25)28)13-19(29-21)16-7-3-1-4-8-16/h1-10,13,15H,12,14H2. The van der Waals surface area contributed by atoms with Crippen molar-refractivity contribution in [3.8, 4) is 16.5 Å². The molecule has 29 heavy (non-hydrogen) atoms. The molecule has 0 bridgehead atoms. The fourth-order valence-electron chi connectivity index (χ4n) is 3.05. The first kappa shape index (κ1) is 18.6. The van der Waals surface area contributed by atoms with Gasteiger partial charge in [-0.3, -0.25) is 19.1 Å². The number of nitriles is 1. The van der Waals surface area contributed by atoms with E-state index in [1.165, 1.54) is 27.1 Å². The predicted molar refractivity (Wildman–Crippen MR) is 114 cm³/mol. The highest BCUT2D eigenvalue weighted by Gasteiger charge is 2.18. The molecule has 142 valence electrons. The molecule has 6 nitrogen and oxygen atoms in total. The molecule has 0 N–H and O–H groups in total. The van der Waals surface area contributed by atoms with E-state index >= 15 is 0 Å². The minimum absolute atomic E-state index is 0.0934. The molecule has 0 saturated carbocycles. The summed E-state index contributed by atoms with van der Waals surface area (Å²) in [4.78, 5) is 33.0. The summed E-state index contributed by atoms with van der Waals surface area (Å²) in [6.45, 7) is -0.279. The van der Waals surface area contributed by atoms with Crippen LogP contribution in [0.1, 0.15) is 0 Å². The van der Waals surface area contributed by atoms with Crippen molar-refractivity contribution in [1.29, 1.82) is 5.26 Å². The lowest BCUT2D eigenvalue weighted by molar-refractivity contribution is -0.119. The van der Waals surface area contributed by atoms with Crippen LogP contribution >= 0.6 is 11.3 Å². The highest BCUT2D eigenvalue weighted by atomic mass is 32.1. The SMILES string of the molecule is N#CCN(C(=O)Cn1cnc2sc(-c3ccccc3)cc2c1=O)c1ccccc1. The van der Waals surface area contributed by atoms with Crippen LogP contribution in [0.3, 0.4) is 0 Å². The highest BCUT2D eigenvalue weighted by Crippen LogP contribution is 2.30. The van der Waals surface area contributed by atoms with E-state index in [-0.39, 0.29) is 24.6 Å². The molecule has 0 aliphatic rings. The summed E-state index contributed by atoms with van der Waals surface area (Å²) < 4.78 is 1.29. The fraction of sp³-hybridized carbons (Fsp3) is 0.0909. The van der Waals surface area contributed by atoms with Crippen LogP contribution < -0.4 is 10.5 Å². The van der Waals surface area contributed by atoms with Gasteiger partial charge >= 0.3 is 0 Å². The van der Waals surface area contributed by atoms with E-state index in [0.717, 1.165) is 10.4 Å². The lowest BCUT2D eigenvalue weighted by atomic mass is 10.2. The van der Waals surface area contributed by atoms with E-state index in [1.54, 1.807) is 24.3 Å². The zero-order chi connectivity index (χ0) is 20.2. The maximum absolute atomic E-state index is 12.9. The van der Waals surface area contributed by atoms with Gasteiger partial charge in [0, 0.05) is 10.6 Å².